The Labute approximate surface area is 120 Å². The SMILES string of the molecule is C=CCN(C(=O)c1c(F)cc(Br)cc1F)C(C)(C)C. The first-order chi connectivity index (χ1) is 8.68. The standard InChI is InChI=1S/C14H16BrF2NO/c1-5-6-18(14(2,3)4)13(19)12-10(16)7-9(15)8-11(12)17/h5,7-8H,1,6H2,2-4H3. The Balaban J connectivity index is 3.28. The number of amides is 1. The summed E-state index contributed by atoms with van der Waals surface area (Å²) in [6, 6.07) is 2.15. The molecule has 0 aliphatic rings. The van der Waals surface area contributed by atoms with Crippen LogP contribution >= 0.6 is 15.9 Å². The van der Waals surface area contributed by atoms with Gasteiger partial charge in [-0.15, -0.1) is 6.58 Å². The van der Waals surface area contributed by atoms with E-state index in [1.807, 2.05) is 0 Å². The second kappa shape index (κ2) is 5.82. The maximum absolute atomic E-state index is 13.8. The van der Waals surface area contributed by atoms with E-state index in [9.17, 15) is 13.6 Å². The van der Waals surface area contributed by atoms with Gasteiger partial charge in [-0.2, -0.15) is 0 Å². The molecule has 0 spiro atoms. The van der Waals surface area contributed by atoms with Gasteiger partial charge >= 0.3 is 0 Å². The highest BCUT2D eigenvalue weighted by atomic mass is 79.9. The molecule has 0 aliphatic heterocycles. The molecule has 19 heavy (non-hydrogen) atoms. The zero-order valence-corrected chi connectivity index (χ0v) is 12.7. The van der Waals surface area contributed by atoms with Crippen molar-refractivity contribution in [2.45, 2.75) is 26.3 Å². The zero-order chi connectivity index (χ0) is 14.8. The molecule has 0 heterocycles. The van der Waals surface area contributed by atoms with Crippen molar-refractivity contribution in [1.29, 1.82) is 0 Å². The summed E-state index contributed by atoms with van der Waals surface area (Å²) in [5.41, 5.74) is -1.10. The number of nitrogens with zero attached hydrogens (tertiary/aromatic N) is 1. The topological polar surface area (TPSA) is 20.3 Å². The minimum atomic E-state index is -0.879. The average molecular weight is 332 g/mol. The van der Waals surface area contributed by atoms with Gasteiger partial charge in [0.05, 0.1) is 0 Å². The van der Waals surface area contributed by atoms with Gasteiger partial charge in [-0.25, -0.2) is 8.78 Å². The lowest BCUT2D eigenvalue weighted by Gasteiger charge is -2.35. The summed E-state index contributed by atoms with van der Waals surface area (Å²) in [5, 5.41) is 0. The second-order valence-corrected chi connectivity index (χ2v) is 6.04. The Morgan fingerprint density at radius 2 is 1.84 bits per heavy atom. The first-order valence-electron chi connectivity index (χ1n) is 5.76. The van der Waals surface area contributed by atoms with Gasteiger partial charge in [0, 0.05) is 16.6 Å². The molecule has 0 aliphatic carbocycles. The molecule has 0 saturated carbocycles. The first-order valence-corrected chi connectivity index (χ1v) is 6.55. The van der Waals surface area contributed by atoms with E-state index in [1.165, 1.54) is 11.0 Å². The normalized spacial score (nSPS) is 11.3. The van der Waals surface area contributed by atoms with Gasteiger partial charge in [0.2, 0.25) is 0 Å². The molecule has 0 atom stereocenters. The molecule has 5 heteroatoms. The Bertz CT molecular complexity index is 486. The molecule has 1 aromatic rings. The summed E-state index contributed by atoms with van der Waals surface area (Å²) in [6.07, 6.45) is 1.53. The molecule has 1 aromatic carbocycles. The number of hydrogen-bond donors (Lipinski definition) is 0. The lowest BCUT2D eigenvalue weighted by Crippen LogP contribution is -2.46. The predicted molar refractivity (Wildman–Crippen MR) is 75.0 cm³/mol. The lowest BCUT2D eigenvalue weighted by atomic mass is 10.0. The monoisotopic (exact) mass is 331 g/mol. The van der Waals surface area contributed by atoms with Crippen LogP contribution in [0, 0.1) is 11.6 Å². The van der Waals surface area contributed by atoms with E-state index in [-0.39, 0.29) is 11.0 Å². The molecule has 0 aromatic heterocycles. The number of carbonyl (C=O) groups excluding carboxylic acids is 1. The van der Waals surface area contributed by atoms with E-state index in [1.54, 1.807) is 20.8 Å². The fourth-order valence-electron chi connectivity index (χ4n) is 1.67. The van der Waals surface area contributed by atoms with Crippen molar-refractivity contribution in [1.82, 2.24) is 4.90 Å². The first kappa shape index (κ1) is 15.8. The van der Waals surface area contributed by atoms with Crippen LogP contribution < -0.4 is 0 Å². The van der Waals surface area contributed by atoms with Crippen molar-refractivity contribution in [2.75, 3.05) is 6.54 Å². The molecular weight excluding hydrogens is 316 g/mol. The van der Waals surface area contributed by atoms with Crippen LogP contribution in [0.5, 0.6) is 0 Å². The van der Waals surface area contributed by atoms with Crippen LogP contribution in [0.1, 0.15) is 31.1 Å². The van der Waals surface area contributed by atoms with Crippen molar-refractivity contribution >= 4 is 21.8 Å². The summed E-state index contributed by atoms with van der Waals surface area (Å²) in [5.74, 6) is -2.44. The van der Waals surface area contributed by atoms with Crippen LogP contribution in [0.25, 0.3) is 0 Å². The van der Waals surface area contributed by atoms with Gasteiger partial charge in [0.15, 0.2) is 0 Å². The number of rotatable bonds is 3. The van der Waals surface area contributed by atoms with Crippen LogP contribution in [0.3, 0.4) is 0 Å². The Kier molecular flexibility index (Phi) is 4.85. The maximum Gasteiger partial charge on any atom is 0.260 e. The maximum atomic E-state index is 13.8. The Morgan fingerprint density at radius 3 is 2.21 bits per heavy atom. The lowest BCUT2D eigenvalue weighted by molar-refractivity contribution is 0.0606. The van der Waals surface area contributed by atoms with Gasteiger partial charge in [-0.05, 0) is 32.9 Å². The van der Waals surface area contributed by atoms with Crippen LogP contribution in [-0.4, -0.2) is 22.9 Å². The van der Waals surface area contributed by atoms with Crippen molar-refractivity contribution in [2.24, 2.45) is 0 Å². The number of carbonyl (C=O) groups is 1. The Morgan fingerprint density at radius 1 is 1.37 bits per heavy atom. The molecule has 0 fully saturated rings. The van der Waals surface area contributed by atoms with Crippen LogP contribution in [0.2, 0.25) is 0 Å². The van der Waals surface area contributed by atoms with Crippen LogP contribution in [0.4, 0.5) is 8.78 Å². The third kappa shape index (κ3) is 3.62. The summed E-state index contributed by atoms with van der Waals surface area (Å²) >= 11 is 2.98. The van der Waals surface area contributed by atoms with Gasteiger partial charge in [-0.1, -0.05) is 22.0 Å². The fourth-order valence-corrected chi connectivity index (χ4v) is 2.07. The van der Waals surface area contributed by atoms with Crippen LogP contribution in [0.15, 0.2) is 29.3 Å². The van der Waals surface area contributed by atoms with Crippen molar-refractivity contribution in [3.8, 4) is 0 Å². The highest BCUT2D eigenvalue weighted by Gasteiger charge is 2.30. The van der Waals surface area contributed by atoms with E-state index in [2.05, 4.69) is 22.5 Å². The third-order valence-electron chi connectivity index (χ3n) is 2.59. The molecule has 0 radical (unpaired) electrons. The third-order valence-corrected chi connectivity index (χ3v) is 3.05. The summed E-state index contributed by atoms with van der Waals surface area (Å²) < 4.78 is 27.9. The van der Waals surface area contributed by atoms with E-state index in [0.29, 0.717) is 0 Å². The van der Waals surface area contributed by atoms with Gasteiger partial charge in [0.25, 0.3) is 5.91 Å². The molecule has 1 rings (SSSR count). The highest BCUT2D eigenvalue weighted by molar-refractivity contribution is 9.10. The minimum Gasteiger partial charge on any atom is -0.330 e. The van der Waals surface area contributed by atoms with E-state index >= 15 is 0 Å². The molecule has 0 N–H and O–H groups in total. The van der Waals surface area contributed by atoms with Gasteiger partial charge in [-0.3, -0.25) is 4.79 Å². The molecule has 0 saturated heterocycles. The fraction of sp³-hybridized carbons (Fsp3) is 0.357. The highest BCUT2D eigenvalue weighted by Crippen LogP contribution is 2.24. The summed E-state index contributed by atoms with van der Waals surface area (Å²) in [7, 11) is 0. The van der Waals surface area contributed by atoms with Gasteiger partial charge in [0.1, 0.15) is 17.2 Å². The second-order valence-electron chi connectivity index (χ2n) is 5.12. The quantitative estimate of drug-likeness (QED) is 0.762. The van der Waals surface area contributed by atoms with Crippen molar-refractivity contribution < 1.29 is 13.6 Å². The number of benzene rings is 1. The molecule has 1 amide bonds. The average Bonchev–Trinajstić information content (AvgIpc) is 2.22. The predicted octanol–water partition coefficient (Wildman–Crippen LogP) is 4.15. The molecule has 2 nitrogen and oxygen atoms in total. The van der Waals surface area contributed by atoms with Crippen LogP contribution in [-0.2, 0) is 0 Å². The van der Waals surface area contributed by atoms with E-state index in [0.717, 1.165) is 12.1 Å². The number of hydrogen-bond acceptors (Lipinski definition) is 1. The summed E-state index contributed by atoms with van der Waals surface area (Å²) in [6.45, 7) is 9.16. The van der Waals surface area contributed by atoms with Crippen molar-refractivity contribution in [3.05, 3.63) is 46.5 Å². The number of halogens is 3. The Hall–Kier alpha value is -1.23. The molecule has 0 bridgehead atoms. The smallest absolute Gasteiger partial charge is 0.260 e. The molecule has 104 valence electrons. The molecular formula is C14H16BrF2NO. The zero-order valence-electron chi connectivity index (χ0n) is 11.1. The summed E-state index contributed by atoms with van der Waals surface area (Å²) in [4.78, 5) is 13.7. The van der Waals surface area contributed by atoms with Gasteiger partial charge < -0.3 is 4.90 Å². The largest absolute Gasteiger partial charge is 0.330 e. The van der Waals surface area contributed by atoms with Crippen molar-refractivity contribution in [3.63, 3.8) is 0 Å². The molecule has 0 unspecified atom stereocenters. The van der Waals surface area contributed by atoms with E-state index < -0.39 is 28.6 Å². The van der Waals surface area contributed by atoms with E-state index in [4.69, 9.17) is 0 Å². The minimum absolute atomic E-state index is 0.220.